The van der Waals surface area contributed by atoms with E-state index in [2.05, 4.69) is 5.10 Å². The smallest absolute Gasteiger partial charge is 0.246 e. The summed E-state index contributed by atoms with van der Waals surface area (Å²) < 4.78 is 32.6. The highest BCUT2D eigenvalue weighted by atomic mass is 32.2. The van der Waals surface area contributed by atoms with Gasteiger partial charge in [-0.05, 0) is 6.92 Å². The maximum Gasteiger partial charge on any atom is 0.246 e. The second-order valence-corrected chi connectivity index (χ2v) is 5.83. The van der Waals surface area contributed by atoms with E-state index in [1.54, 1.807) is 7.05 Å². The van der Waals surface area contributed by atoms with E-state index in [9.17, 15) is 8.42 Å². The molecule has 1 aromatic rings. The fourth-order valence-electron chi connectivity index (χ4n) is 1.69. The molecule has 0 aromatic carbocycles. The number of ether oxygens (including phenoxy) is 1. The van der Waals surface area contributed by atoms with Crippen molar-refractivity contribution in [1.29, 1.82) is 0 Å². The molecule has 1 fully saturated rings. The van der Waals surface area contributed by atoms with E-state index in [0.717, 1.165) is 0 Å². The molecule has 0 amide bonds. The van der Waals surface area contributed by atoms with Crippen LogP contribution in [0.25, 0.3) is 0 Å². The number of sulfonamides is 1. The fourth-order valence-corrected chi connectivity index (χ4v) is 3.17. The van der Waals surface area contributed by atoms with Crippen LogP contribution in [0.15, 0.2) is 17.3 Å². The average molecular weight is 245 g/mol. The van der Waals surface area contributed by atoms with Crippen LogP contribution in [0.4, 0.5) is 0 Å². The summed E-state index contributed by atoms with van der Waals surface area (Å²) in [5.74, 6) is 0. The van der Waals surface area contributed by atoms with Crippen LogP contribution < -0.4 is 0 Å². The quantitative estimate of drug-likeness (QED) is 0.725. The maximum atomic E-state index is 12.2. The molecule has 1 aliphatic rings. The highest BCUT2D eigenvalue weighted by Crippen LogP contribution is 2.17. The molecule has 0 radical (unpaired) electrons. The molecule has 1 aromatic heterocycles. The van der Waals surface area contributed by atoms with Crippen molar-refractivity contribution in [3.05, 3.63) is 12.4 Å². The lowest BCUT2D eigenvalue weighted by Crippen LogP contribution is -2.44. The zero-order valence-corrected chi connectivity index (χ0v) is 10.1. The molecule has 1 aliphatic heterocycles. The predicted octanol–water partition coefficient (Wildman–Crippen LogP) is -0.170. The molecule has 0 N–H and O–H groups in total. The van der Waals surface area contributed by atoms with Crippen LogP contribution in [0.1, 0.15) is 6.92 Å². The van der Waals surface area contributed by atoms with Gasteiger partial charge in [0.2, 0.25) is 10.0 Å². The van der Waals surface area contributed by atoms with E-state index in [1.807, 2.05) is 6.92 Å². The van der Waals surface area contributed by atoms with E-state index >= 15 is 0 Å². The first-order valence-corrected chi connectivity index (χ1v) is 6.54. The molecule has 0 aliphatic carbocycles. The molecule has 2 heterocycles. The number of aromatic nitrogens is 2. The largest absolute Gasteiger partial charge is 0.376 e. The summed E-state index contributed by atoms with van der Waals surface area (Å²) in [4.78, 5) is 0.240. The minimum Gasteiger partial charge on any atom is -0.376 e. The lowest BCUT2D eigenvalue weighted by atomic mass is 10.3. The number of morpholine rings is 1. The lowest BCUT2D eigenvalue weighted by molar-refractivity contribution is 0.0102. The first-order chi connectivity index (χ1) is 7.50. The van der Waals surface area contributed by atoms with Crippen LogP contribution in [-0.4, -0.2) is 48.3 Å². The molecular weight excluding hydrogens is 230 g/mol. The Morgan fingerprint density at radius 1 is 1.56 bits per heavy atom. The third kappa shape index (κ3) is 2.11. The van der Waals surface area contributed by atoms with Crippen LogP contribution in [0.2, 0.25) is 0 Å². The predicted molar refractivity (Wildman–Crippen MR) is 57.4 cm³/mol. The molecule has 6 nitrogen and oxygen atoms in total. The van der Waals surface area contributed by atoms with Crippen molar-refractivity contribution in [2.75, 3.05) is 19.7 Å². The number of aryl methyl sites for hydroxylation is 1. The molecule has 0 saturated carbocycles. The summed E-state index contributed by atoms with van der Waals surface area (Å²) in [5.41, 5.74) is 0. The topological polar surface area (TPSA) is 64.4 Å². The van der Waals surface area contributed by atoms with Gasteiger partial charge < -0.3 is 4.74 Å². The van der Waals surface area contributed by atoms with Gasteiger partial charge in [0, 0.05) is 26.3 Å². The Balaban J connectivity index is 2.25. The Hall–Kier alpha value is -0.920. The monoisotopic (exact) mass is 245 g/mol. The van der Waals surface area contributed by atoms with E-state index < -0.39 is 10.0 Å². The molecule has 90 valence electrons. The molecule has 0 spiro atoms. The third-order valence-electron chi connectivity index (χ3n) is 2.52. The summed E-state index contributed by atoms with van der Waals surface area (Å²) in [5, 5.41) is 3.88. The first-order valence-electron chi connectivity index (χ1n) is 5.10. The summed E-state index contributed by atoms with van der Waals surface area (Å²) in [6, 6.07) is 0. The van der Waals surface area contributed by atoms with Crippen molar-refractivity contribution in [3.63, 3.8) is 0 Å². The Morgan fingerprint density at radius 2 is 2.31 bits per heavy atom. The number of hydrogen-bond acceptors (Lipinski definition) is 4. The molecule has 1 saturated heterocycles. The molecule has 1 atom stereocenters. The highest BCUT2D eigenvalue weighted by molar-refractivity contribution is 7.89. The number of nitrogens with zero attached hydrogens (tertiary/aromatic N) is 3. The Kier molecular flexibility index (Phi) is 3.00. The lowest BCUT2D eigenvalue weighted by Gasteiger charge is -2.29. The van der Waals surface area contributed by atoms with Gasteiger partial charge in [0.1, 0.15) is 4.90 Å². The minimum atomic E-state index is -3.40. The average Bonchev–Trinajstić information content (AvgIpc) is 2.65. The maximum absolute atomic E-state index is 12.2. The van der Waals surface area contributed by atoms with Gasteiger partial charge in [0.25, 0.3) is 0 Å². The zero-order valence-electron chi connectivity index (χ0n) is 9.33. The first kappa shape index (κ1) is 11.6. The normalized spacial score (nSPS) is 23.5. The van der Waals surface area contributed by atoms with Gasteiger partial charge in [-0.15, -0.1) is 0 Å². The van der Waals surface area contributed by atoms with E-state index in [4.69, 9.17) is 4.74 Å². The van der Waals surface area contributed by atoms with Gasteiger partial charge in [0.15, 0.2) is 0 Å². The zero-order chi connectivity index (χ0) is 11.8. The number of rotatable bonds is 2. The molecule has 16 heavy (non-hydrogen) atoms. The summed E-state index contributed by atoms with van der Waals surface area (Å²) in [7, 11) is -1.71. The molecule has 0 unspecified atom stereocenters. The highest BCUT2D eigenvalue weighted by Gasteiger charge is 2.29. The van der Waals surface area contributed by atoms with Gasteiger partial charge in [-0.1, -0.05) is 0 Å². The van der Waals surface area contributed by atoms with E-state index in [1.165, 1.54) is 21.4 Å². The van der Waals surface area contributed by atoms with Crippen LogP contribution >= 0.6 is 0 Å². The summed E-state index contributed by atoms with van der Waals surface area (Å²) >= 11 is 0. The standard InChI is InChI=1S/C9H15N3O3S/c1-8-6-12(3-4-15-8)16(13,14)9-5-10-11(2)7-9/h5,7-8H,3-4,6H2,1-2H3/t8-/m1/s1. The second-order valence-electron chi connectivity index (χ2n) is 3.89. The molecule has 2 rings (SSSR count). The summed E-state index contributed by atoms with van der Waals surface area (Å²) in [6.07, 6.45) is 2.82. The van der Waals surface area contributed by atoms with Gasteiger partial charge >= 0.3 is 0 Å². The van der Waals surface area contributed by atoms with Crippen molar-refractivity contribution in [1.82, 2.24) is 14.1 Å². The van der Waals surface area contributed by atoms with Gasteiger partial charge in [0.05, 0.1) is 18.9 Å². The van der Waals surface area contributed by atoms with Crippen molar-refractivity contribution in [3.8, 4) is 0 Å². The second kappa shape index (κ2) is 4.15. The van der Waals surface area contributed by atoms with E-state index in [-0.39, 0.29) is 11.0 Å². The van der Waals surface area contributed by atoms with Crippen LogP contribution in [0.5, 0.6) is 0 Å². The molecule has 7 heteroatoms. The third-order valence-corrected chi connectivity index (χ3v) is 4.34. The summed E-state index contributed by atoms with van der Waals surface area (Å²) in [6.45, 7) is 3.12. The molecular formula is C9H15N3O3S. The van der Waals surface area contributed by atoms with Crippen LogP contribution in [0.3, 0.4) is 0 Å². The van der Waals surface area contributed by atoms with Crippen molar-refractivity contribution < 1.29 is 13.2 Å². The number of hydrogen-bond donors (Lipinski definition) is 0. The molecule has 0 bridgehead atoms. The van der Waals surface area contributed by atoms with Crippen molar-refractivity contribution in [2.24, 2.45) is 7.05 Å². The van der Waals surface area contributed by atoms with Crippen LogP contribution in [-0.2, 0) is 21.8 Å². The van der Waals surface area contributed by atoms with Gasteiger partial charge in [-0.25, -0.2) is 8.42 Å². The fraction of sp³-hybridized carbons (Fsp3) is 0.667. The van der Waals surface area contributed by atoms with Crippen LogP contribution in [0, 0.1) is 0 Å². The Bertz CT molecular complexity index is 468. The Labute approximate surface area is 94.9 Å². The van der Waals surface area contributed by atoms with E-state index in [0.29, 0.717) is 19.7 Å². The van der Waals surface area contributed by atoms with Crippen molar-refractivity contribution in [2.45, 2.75) is 17.9 Å². The van der Waals surface area contributed by atoms with Gasteiger partial charge in [-0.3, -0.25) is 4.68 Å². The van der Waals surface area contributed by atoms with Crippen molar-refractivity contribution >= 4 is 10.0 Å². The SMILES string of the molecule is C[C@@H]1CN(S(=O)(=O)c2cnn(C)c2)CCO1. The minimum absolute atomic E-state index is 0.0554. The van der Waals surface area contributed by atoms with Gasteiger partial charge in [-0.2, -0.15) is 9.40 Å². The Morgan fingerprint density at radius 3 is 2.88 bits per heavy atom.